The van der Waals surface area contributed by atoms with E-state index in [0.29, 0.717) is 48.5 Å². The van der Waals surface area contributed by atoms with Gasteiger partial charge in [0, 0.05) is 29.5 Å². The van der Waals surface area contributed by atoms with Crippen LogP contribution >= 0.6 is 0 Å². The third-order valence-electron chi connectivity index (χ3n) is 8.95. The van der Waals surface area contributed by atoms with Crippen molar-refractivity contribution in [2.24, 2.45) is 0 Å². The number of cyclic esters (lactones) is 1. The van der Waals surface area contributed by atoms with Gasteiger partial charge in [0.05, 0.1) is 40.7 Å². The molecule has 2 aliphatic rings. The van der Waals surface area contributed by atoms with Crippen LogP contribution in [0, 0.1) is 0 Å². The van der Waals surface area contributed by atoms with E-state index in [9.17, 15) is 24.3 Å². The molecule has 268 valence electrons. The van der Waals surface area contributed by atoms with Gasteiger partial charge in [0.2, 0.25) is 5.91 Å². The molecule has 0 saturated heterocycles. The monoisotopic (exact) mass is 690 g/mol. The Bertz CT molecular complexity index is 1880. The minimum absolute atomic E-state index is 0.0460. The number of carbonyl (C=O) groups is 3. The molecule has 13 heteroatoms. The lowest BCUT2D eigenvalue weighted by Gasteiger charge is -2.31. The number of aliphatic hydroxyl groups is 1. The average Bonchev–Trinajstić information content (AvgIpc) is 3.43. The normalized spacial score (nSPS) is 17.2. The summed E-state index contributed by atoms with van der Waals surface area (Å²) in [5.74, 6) is -0.879. The molecule has 0 radical (unpaired) electrons. The SMILES string of the molecule is CC[C@@]1(O)C(=O)OCc2c1cc1n(c2=O)Cc2c-1nc1ccc(OC(=O)NCCCCCCC(=O)NO)cc1c2/C=C/CC(C)OC(C)(C)C. The van der Waals surface area contributed by atoms with Crippen molar-refractivity contribution in [1.82, 2.24) is 20.3 Å². The van der Waals surface area contributed by atoms with Crippen LogP contribution < -0.4 is 21.1 Å². The Morgan fingerprint density at radius 3 is 2.62 bits per heavy atom. The van der Waals surface area contributed by atoms with Crippen molar-refractivity contribution in [2.45, 2.75) is 110 Å². The van der Waals surface area contributed by atoms with Gasteiger partial charge in [-0.25, -0.2) is 20.1 Å². The molecule has 4 heterocycles. The van der Waals surface area contributed by atoms with Crippen LogP contribution in [0.3, 0.4) is 0 Å². The van der Waals surface area contributed by atoms with Gasteiger partial charge in [-0.15, -0.1) is 0 Å². The number of rotatable bonds is 13. The first-order chi connectivity index (χ1) is 23.8. The zero-order valence-electron chi connectivity index (χ0n) is 29.3. The van der Waals surface area contributed by atoms with Crippen molar-refractivity contribution in [3.63, 3.8) is 0 Å². The molecule has 5 rings (SSSR count). The maximum Gasteiger partial charge on any atom is 0.412 e. The van der Waals surface area contributed by atoms with Gasteiger partial charge in [-0.3, -0.25) is 14.8 Å². The minimum atomic E-state index is -1.93. The van der Waals surface area contributed by atoms with Crippen molar-refractivity contribution in [1.29, 1.82) is 0 Å². The number of ether oxygens (including phenoxy) is 3. The van der Waals surface area contributed by atoms with E-state index >= 15 is 0 Å². The van der Waals surface area contributed by atoms with Gasteiger partial charge >= 0.3 is 12.1 Å². The first kappa shape index (κ1) is 36.7. The number of benzene rings is 1. The molecule has 0 saturated carbocycles. The fraction of sp³-hybridized carbons (Fsp3) is 0.486. The van der Waals surface area contributed by atoms with Gasteiger partial charge in [-0.2, -0.15) is 0 Å². The summed E-state index contributed by atoms with van der Waals surface area (Å²) in [6.07, 6.45) is 7.17. The summed E-state index contributed by atoms with van der Waals surface area (Å²) in [7, 11) is 0. The van der Waals surface area contributed by atoms with E-state index in [1.807, 2.05) is 39.8 Å². The van der Waals surface area contributed by atoms with Gasteiger partial charge in [-0.1, -0.05) is 31.9 Å². The van der Waals surface area contributed by atoms with Crippen LogP contribution in [0.25, 0.3) is 28.4 Å². The van der Waals surface area contributed by atoms with E-state index in [2.05, 4.69) is 5.32 Å². The van der Waals surface area contributed by atoms with Crippen molar-refractivity contribution >= 4 is 34.9 Å². The second-order valence-corrected chi connectivity index (χ2v) is 13.8. The van der Waals surface area contributed by atoms with Crippen molar-refractivity contribution in [3.05, 3.63) is 62.9 Å². The molecule has 0 bridgehead atoms. The van der Waals surface area contributed by atoms with Crippen LogP contribution in [0.5, 0.6) is 5.75 Å². The Balaban J connectivity index is 1.44. The maximum atomic E-state index is 13.8. The van der Waals surface area contributed by atoms with E-state index in [1.54, 1.807) is 41.2 Å². The van der Waals surface area contributed by atoms with Crippen LogP contribution in [0.1, 0.15) is 102 Å². The van der Waals surface area contributed by atoms with Crippen LogP contribution in [0.15, 0.2) is 35.1 Å². The number of pyridine rings is 2. The van der Waals surface area contributed by atoms with Gasteiger partial charge in [0.15, 0.2) is 5.60 Å². The van der Waals surface area contributed by atoms with Gasteiger partial charge in [0.1, 0.15) is 12.4 Å². The molecule has 2 aliphatic heterocycles. The number of nitrogens with one attached hydrogen (secondary N) is 2. The van der Waals surface area contributed by atoms with E-state index in [0.717, 1.165) is 29.4 Å². The summed E-state index contributed by atoms with van der Waals surface area (Å²) in [5.41, 5.74) is 2.77. The number of hydrogen-bond donors (Lipinski definition) is 4. The first-order valence-corrected chi connectivity index (χ1v) is 17.1. The van der Waals surface area contributed by atoms with Crippen molar-refractivity contribution < 1.29 is 38.9 Å². The highest BCUT2D eigenvalue weighted by atomic mass is 16.6. The number of carbonyl (C=O) groups excluding carboxylic acids is 3. The second-order valence-electron chi connectivity index (χ2n) is 13.8. The summed E-state index contributed by atoms with van der Waals surface area (Å²) < 4.78 is 18.5. The van der Waals surface area contributed by atoms with Gasteiger partial charge in [-0.05, 0) is 83.2 Å². The van der Waals surface area contributed by atoms with Crippen LogP contribution in [-0.2, 0) is 37.8 Å². The Hall–Kier alpha value is -4.59. The van der Waals surface area contributed by atoms with E-state index < -0.39 is 23.6 Å². The Labute approximate surface area is 290 Å². The number of hydrogen-bond acceptors (Lipinski definition) is 10. The Kier molecular flexibility index (Phi) is 11.1. The molecule has 0 aliphatic carbocycles. The standard InChI is InChI=1S/C37H46N4O9/c1-6-37(46)28-19-30-32-26(20-41(30)33(43)27(28)21-48-34(37)44)24(13-11-12-22(2)50-36(3,4)5)25-18-23(15-16-29(25)39-32)49-35(45)38-17-10-8-7-9-14-31(42)40-47/h11,13,15-16,18-19,22,46-47H,6-10,12,14,17,20-21H2,1-5H3,(H,38,45)(H,40,42)/b13-11+/t22?,37-/m0/s1. The van der Waals surface area contributed by atoms with E-state index in [4.69, 9.17) is 24.4 Å². The number of hydroxylamine groups is 1. The highest BCUT2D eigenvalue weighted by molar-refractivity contribution is 5.95. The highest BCUT2D eigenvalue weighted by Gasteiger charge is 2.45. The highest BCUT2D eigenvalue weighted by Crippen LogP contribution is 2.41. The Morgan fingerprint density at radius 2 is 1.90 bits per heavy atom. The Morgan fingerprint density at radius 1 is 1.14 bits per heavy atom. The zero-order chi connectivity index (χ0) is 36.2. The number of fused-ring (bicyclic) bond motifs is 5. The molecule has 4 N–H and O–H groups in total. The number of amides is 2. The molecule has 1 unspecified atom stereocenters. The molecule has 1 aromatic carbocycles. The first-order valence-electron chi connectivity index (χ1n) is 17.1. The lowest BCUT2D eigenvalue weighted by Crippen LogP contribution is -2.44. The summed E-state index contributed by atoms with van der Waals surface area (Å²) in [6, 6.07) is 6.84. The summed E-state index contributed by atoms with van der Waals surface area (Å²) in [4.78, 5) is 55.2. The van der Waals surface area contributed by atoms with Crippen LogP contribution in [-0.4, -0.2) is 56.1 Å². The zero-order valence-corrected chi connectivity index (χ0v) is 29.3. The molecule has 0 spiro atoms. The number of nitrogens with zero attached hydrogens (tertiary/aromatic N) is 2. The molecule has 2 aromatic heterocycles. The van der Waals surface area contributed by atoms with E-state index in [1.165, 1.54) is 0 Å². The molecule has 50 heavy (non-hydrogen) atoms. The fourth-order valence-corrected chi connectivity index (χ4v) is 6.53. The maximum absolute atomic E-state index is 13.8. The molecule has 3 aromatic rings. The summed E-state index contributed by atoms with van der Waals surface area (Å²) in [6.45, 7) is 10.1. The third kappa shape index (κ3) is 7.90. The minimum Gasteiger partial charge on any atom is -0.458 e. The lowest BCUT2D eigenvalue weighted by molar-refractivity contribution is -0.172. The quantitative estimate of drug-likeness (QED) is 0.0628. The number of esters is 1. The average molecular weight is 691 g/mol. The van der Waals surface area contributed by atoms with E-state index in [-0.39, 0.29) is 54.4 Å². The largest absolute Gasteiger partial charge is 0.458 e. The predicted octanol–water partition coefficient (Wildman–Crippen LogP) is 5.23. The molecule has 13 nitrogen and oxygen atoms in total. The third-order valence-corrected chi connectivity index (χ3v) is 8.95. The van der Waals surface area contributed by atoms with Crippen molar-refractivity contribution in [3.8, 4) is 17.1 Å². The van der Waals surface area contributed by atoms with Crippen LogP contribution in [0.2, 0.25) is 0 Å². The molecule has 0 fully saturated rings. The fourth-order valence-electron chi connectivity index (χ4n) is 6.53. The molecule has 2 amide bonds. The van der Waals surface area contributed by atoms with Gasteiger partial charge in [0.25, 0.3) is 5.56 Å². The second kappa shape index (κ2) is 15.1. The molecular weight excluding hydrogens is 644 g/mol. The lowest BCUT2D eigenvalue weighted by atomic mass is 9.86. The summed E-state index contributed by atoms with van der Waals surface area (Å²) >= 11 is 0. The molecular formula is C37H46N4O9. The topological polar surface area (TPSA) is 178 Å². The summed E-state index contributed by atoms with van der Waals surface area (Å²) in [5, 5.41) is 23.3. The van der Waals surface area contributed by atoms with Crippen LogP contribution in [0.4, 0.5) is 4.79 Å². The molecule has 2 atom stereocenters. The van der Waals surface area contributed by atoms with Crippen molar-refractivity contribution in [2.75, 3.05) is 6.54 Å². The number of unbranched alkanes of at least 4 members (excludes halogenated alkanes) is 3. The number of aromatic nitrogens is 2. The smallest absolute Gasteiger partial charge is 0.412 e. The van der Waals surface area contributed by atoms with Gasteiger partial charge < -0.3 is 29.2 Å². The predicted molar refractivity (Wildman–Crippen MR) is 186 cm³/mol.